The third-order valence-corrected chi connectivity index (χ3v) is 2.17. The zero-order valence-corrected chi connectivity index (χ0v) is 8.36. The first-order valence-corrected chi connectivity index (χ1v) is 4.38. The van der Waals surface area contributed by atoms with E-state index in [0.717, 1.165) is 5.56 Å². The van der Waals surface area contributed by atoms with Gasteiger partial charge in [0.1, 0.15) is 0 Å². The van der Waals surface area contributed by atoms with Gasteiger partial charge < -0.3 is 5.73 Å². The van der Waals surface area contributed by atoms with Gasteiger partial charge in [0.15, 0.2) is 6.67 Å². The topological polar surface area (TPSA) is 26.0 Å². The summed E-state index contributed by atoms with van der Waals surface area (Å²) in [5.74, 6) is -3.46. The Morgan fingerprint density at radius 3 is 2.53 bits per heavy atom. The van der Waals surface area contributed by atoms with Gasteiger partial charge in [0.05, 0.1) is 0 Å². The maximum atomic E-state index is 13.0. The summed E-state index contributed by atoms with van der Waals surface area (Å²) < 4.78 is 38.1. The van der Waals surface area contributed by atoms with Gasteiger partial charge in [-0.1, -0.05) is 18.7 Å². The maximum Gasteiger partial charge on any atom is 0.301 e. The molecule has 15 heavy (non-hydrogen) atoms. The molecule has 0 fully saturated rings. The highest BCUT2D eigenvalue weighted by Crippen LogP contribution is 2.30. The molecule has 0 amide bonds. The van der Waals surface area contributed by atoms with E-state index in [1.54, 1.807) is 6.92 Å². The fourth-order valence-electron chi connectivity index (χ4n) is 1.27. The summed E-state index contributed by atoms with van der Waals surface area (Å²) in [7, 11) is 0. The quantitative estimate of drug-likeness (QED) is 0.824. The summed E-state index contributed by atoms with van der Waals surface area (Å²) in [6.45, 7) is 3.49. The first-order chi connectivity index (χ1) is 6.88. The second-order valence-corrected chi connectivity index (χ2v) is 3.39. The zero-order chi connectivity index (χ0) is 11.6. The predicted molar refractivity (Wildman–Crippen MR) is 54.3 cm³/mol. The van der Waals surface area contributed by atoms with Gasteiger partial charge in [-0.2, -0.15) is 8.78 Å². The van der Waals surface area contributed by atoms with Crippen molar-refractivity contribution in [2.24, 2.45) is 5.73 Å². The number of nitrogens with two attached hydrogens (primary N) is 1. The van der Waals surface area contributed by atoms with Crippen molar-refractivity contribution in [2.45, 2.75) is 12.8 Å². The molecule has 0 spiro atoms. The van der Waals surface area contributed by atoms with Crippen LogP contribution in [0.4, 0.5) is 13.2 Å². The molecule has 0 aliphatic carbocycles. The second-order valence-electron chi connectivity index (χ2n) is 3.39. The minimum atomic E-state index is -3.46. The van der Waals surface area contributed by atoms with Gasteiger partial charge >= 0.3 is 5.92 Å². The molecule has 0 unspecified atom stereocenters. The van der Waals surface area contributed by atoms with Crippen LogP contribution in [0.5, 0.6) is 0 Å². The van der Waals surface area contributed by atoms with Gasteiger partial charge in [-0.15, -0.1) is 0 Å². The third kappa shape index (κ3) is 2.32. The van der Waals surface area contributed by atoms with Crippen molar-refractivity contribution in [1.82, 2.24) is 0 Å². The van der Waals surface area contributed by atoms with E-state index in [1.807, 2.05) is 0 Å². The Balaban J connectivity index is 3.25. The van der Waals surface area contributed by atoms with Crippen molar-refractivity contribution in [3.8, 4) is 0 Å². The van der Waals surface area contributed by atoms with E-state index in [1.165, 1.54) is 18.2 Å². The number of aryl methyl sites for hydroxylation is 1. The van der Waals surface area contributed by atoms with E-state index in [4.69, 9.17) is 5.73 Å². The van der Waals surface area contributed by atoms with E-state index in [9.17, 15) is 13.2 Å². The SMILES string of the molecule is C=C(N)c1cc(C(F)(F)CF)ccc1C. The van der Waals surface area contributed by atoms with Crippen molar-refractivity contribution in [3.05, 3.63) is 41.5 Å². The Hall–Kier alpha value is -1.45. The Kier molecular flexibility index (Phi) is 3.07. The Morgan fingerprint density at radius 2 is 2.07 bits per heavy atom. The average Bonchev–Trinajstić information content (AvgIpc) is 2.17. The number of halogens is 3. The molecule has 1 aromatic carbocycles. The molecular weight excluding hydrogens is 203 g/mol. The maximum absolute atomic E-state index is 13.0. The highest BCUT2D eigenvalue weighted by Gasteiger charge is 2.31. The van der Waals surface area contributed by atoms with E-state index in [2.05, 4.69) is 6.58 Å². The van der Waals surface area contributed by atoms with E-state index >= 15 is 0 Å². The minimum Gasteiger partial charge on any atom is -0.399 e. The summed E-state index contributed by atoms with van der Waals surface area (Å²) in [5.41, 5.74) is 6.42. The summed E-state index contributed by atoms with van der Waals surface area (Å²) in [6.07, 6.45) is 0. The van der Waals surface area contributed by atoms with Crippen LogP contribution in [-0.4, -0.2) is 6.67 Å². The zero-order valence-electron chi connectivity index (χ0n) is 8.36. The lowest BCUT2D eigenvalue weighted by molar-refractivity contribution is -0.0281. The number of rotatable bonds is 3. The Morgan fingerprint density at radius 1 is 1.47 bits per heavy atom. The van der Waals surface area contributed by atoms with Crippen LogP contribution in [0.1, 0.15) is 16.7 Å². The van der Waals surface area contributed by atoms with Gasteiger partial charge in [0.2, 0.25) is 0 Å². The van der Waals surface area contributed by atoms with Gasteiger partial charge in [0.25, 0.3) is 0 Å². The van der Waals surface area contributed by atoms with Crippen molar-refractivity contribution in [3.63, 3.8) is 0 Å². The van der Waals surface area contributed by atoms with Gasteiger partial charge in [0, 0.05) is 16.8 Å². The molecule has 1 rings (SSSR count). The van der Waals surface area contributed by atoms with Crippen LogP contribution < -0.4 is 5.73 Å². The molecule has 1 nitrogen and oxygen atoms in total. The second kappa shape index (κ2) is 3.96. The van der Waals surface area contributed by atoms with Gasteiger partial charge in [-0.25, -0.2) is 4.39 Å². The fraction of sp³-hybridized carbons (Fsp3) is 0.273. The predicted octanol–water partition coefficient (Wildman–Crippen LogP) is 2.99. The number of hydrogen-bond donors (Lipinski definition) is 1. The standard InChI is InChI=1S/C11H12F3N/c1-7-3-4-9(11(13,14)6-12)5-10(7)8(2)15/h3-5H,2,6,15H2,1H3. The normalized spacial score (nSPS) is 11.5. The van der Waals surface area contributed by atoms with Crippen LogP contribution in [0.3, 0.4) is 0 Å². The van der Waals surface area contributed by atoms with Crippen LogP contribution in [0.15, 0.2) is 24.8 Å². The summed E-state index contributed by atoms with van der Waals surface area (Å²) in [5, 5.41) is 0. The summed E-state index contributed by atoms with van der Waals surface area (Å²) in [4.78, 5) is 0. The van der Waals surface area contributed by atoms with Crippen molar-refractivity contribution in [2.75, 3.05) is 6.67 Å². The van der Waals surface area contributed by atoms with Crippen LogP contribution in [-0.2, 0) is 5.92 Å². The molecule has 0 aliphatic rings. The smallest absolute Gasteiger partial charge is 0.301 e. The largest absolute Gasteiger partial charge is 0.399 e. The van der Waals surface area contributed by atoms with Crippen LogP contribution in [0.25, 0.3) is 5.70 Å². The van der Waals surface area contributed by atoms with Crippen molar-refractivity contribution >= 4 is 5.70 Å². The molecule has 0 aromatic heterocycles. The Bertz CT molecular complexity index is 385. The lowest BCUT2D eigenvalue weighted by atomic mass is 10.00. The number of benzene rings is 1. The summed E-state index contributed by atoms with van der Waals surface area (Å²) in [6, 6.07) is 3.85. The van der Waals surface area contributed by atoms with Crippen LogP contribution in [0, 0.1) is 6.92 Å². The van der Waals surface area contributed by atoms with Crippen molar-refractivity contribution < 1.29 is 13.2 Å². The fourth-order valence-corrected chi connectivity index (χ4v) is 1.27. The molecule has 0 saturated carbocycles. The minimum absolute atomic E-state index is 0.198. The van der Waals surface area contributed by atoms with Crippen LogP contribution >= 0.6 is 0 Å². The monoisotopic (exact) mass is 215 g/mol. The van der Waals surface area contributed by atoms with Crippen molar-refractivity contribution in [1.29, 1.82) is 0 Å². The number of hydrogen-bond acceptors (Lipinski definition) is 1. The van der Waals surface area contributed by atoms with E-state index < -0.39 is 12.6 Å². The number of alkyl halides is 3. The van der Waals surface area contributed by atoms with Gasteiger partial charge in [-0.05, 0) is 18.6 Å². The van der Waals surface area contributed by atoms with E-state index in [0.29, 0.717) is 5.56 Å². The summed E-state index contributed by atoms with van der Waals surface area (Å²) >= 11 is 0. The molecule has 0 radical (unpaired) electrons. The van der Waals surface area contributed by atoms with E-state index in [-0.39, 0.29) is 11.3 Å². The molecule has 0 heterocycles. The molecule has 0 aliphatic heterocycles. The molecular formula is C11H12F3N. The lowest BCUT2D eigenvalue weighted by Crippen LogP contribution is -2.16. The highest BCUT2D eigenvalue weighted by atomic mass is 19.3. The molecule has 0 atom stereocenters. The molecule has 0 saturated heterocycles. The first-order valence-electron chi connectivity index (χ1n) is 4.38. The molecule has 0 bridgehead atoms. The van der Waals surface area contributed by atoms with Crippen LogP contribution in [0.2, 0.25) is 0 Å². The molecule has 2 N–H and O–H groups in total. The third-order valence-electron chi connectivity index (χ3n) is 2.17. The highest BCUT2D eigenvalue weighted by molar-refractivity contribution is 5.64. The first kappa shape index (κ1) is 11.6. The molecule has 4 heteroatoms. The molecule has 1 aromatic rings. The molecule has 82 valence electrons. The Labute approximate surface area is 86.4 Å². The van der Waals surface area contributed by atoms with Gasteiger partial charge in [-0.3, -0.25) is 0 Å². The average molecular weight is 215 g/mol. The lowest BCUT2D eigenvalue weighted by Gasteiger charge is -2.15.